The highest BCUT2D eigenvalue weighted by molar-refractivity contribution is 6.33. The molecule has 5 heavy (non-hydrogen) atoms. The molecule has 0 N–H and O–H groups in total. The van der Waals surface area contributed by atoms with E-state index in [4.69, 9.17) is 0 Å². The van der Waals surface area contributed by atoms with Crippen LogP contribution >= 0.6 is 0 Å². The van der Waals surface area contributed by atoms with Gasteiger partial charge in [0.2, 0.25) is 0 Å². The Morgan fingerprint density at radius 1 is 1.40 bits per heavy atom. The summed E-state index contributed by atoms with van der Waals surface area (Å²) in [5, 5.41) is 0. The lowest BCUT2D eigenvalue weighted by molar-refractivity contribution is -0.0360. The quantitative estimate of drug-likeness (QED) is 0.443. The summed E-state index contributed by atoms with van der Waals surface area (Å²) in [5.41, 5.74) is 0. The molecule has 0 aromatic carbocycles. The summed E-state index contributed by atoms with van der Waals surface area (Å²) in [5.74, 6) is 0. The number of halogens is 3. The molecular formula is AlF3O-. The van der Waals surface area contributed by atoms with Crippen LogP contribution in [0.2, 0.25) is 0 Å². The zero-order valence-electron chi connectivity index (χ0n) is 2.12. The van der Waals surface area contributed by atoms with Crippen LogP contribution in [-0.4, -0.2) is 15.4 Å². The van der Waals surface area contributed by atoms with Gasteiger partial charge in [-0.25, -0.2) is 0 Å². The first kappa shape index (κ1) is 5.28. The topological polar surface area (TPSA) is 9.23 Å². The predicted octanol–water partition coefficient (Wildman–Crippen LogP) is 0.811. The predicted molar refractivity (Wildman–Crippen MR) is 10.2 cm³/mol. The smallest absolute Gasteiger partial charge is 0.563 e. The van der Waals surface area contributed by atoms with Gasteiger partial charge in [-0.3, -0.25) is 0 Å². The molecule has 0 aromatic rings. The molecule has 0 aliphatic heterocycles. The lowest BCUT2D eigenvalue weighted by atomic mass is 15.6. The third-order valence-electron chi connectivity index (χ3n) is 0.0673. The average Bonchev–Trinajstić information content (AvgIpc) is 1.38. The Morgan fingerprint density at radius 2 is 1.60 bits per heavy atom. The largest absolute Gasteiger partial charge is 0.674 e. The van der Waals surface area contributed by atoms with Gasteiger partial charge in [0.1, 0.15) is 0 Å². The summed E-state index contributed by atoms with van der Waals surface area (Å²) < 4.78 is 32.6. The number of hydrogen-bond donors (Lipinski definition) is 0. The zero-order valence-corrected chi connectivity index (χ0v) is 3.27. The second-order valence-corrected chi connectivity index (χ2v) is 1.05. The Labute approximate surface area is 31.9 Å². The molecular weight excluding hydrogens is 100.0 g/mol. The van der Waals surface area contributed by atoms with E-state index in [9.17, 15) is 11.6 Å². The summed E-state index contributed by atoms with van der Waals surface area (Å²) in [6.45, 7) is 0. The van der Waals surface area contributed by atoms with Crippen molar-refractivity contribution in [3.05, 3.63) is 0 Å². The molecule has 0 spiro atoms. The van der Waals surface area contributed by atoms with Crippen molar-refractivity contribution in [2.75, 3.05) is 0 Å². The molecule has 31 valence electrons. The fourth-order valence-electron chi connectivity index (χ4n) is 0. The maximum Gasteiger partial charge on any atom is 0.674 e. The van der Waals surface area contributed by atoms with Crippen molar-refractivity contribution in [3.8, 4) is 0 Å². The minimum Gasteiger partial charge on any atom is -0.563 e. The van der Waals surface area contributed by atoms with E-state index in [1.807, 2.05) is 0 Å². The van der Waals surface area contributed by atoms with E-state index in [2.05, 4.69) is 3.99 Å². The highest BCUT2D eigenvalue weighted by Gasteiger charge is 1.98. The molecule has 0 atom stereocenters. The van der Waals surface area contributed by atoms with Gasteiger partial charge in [0.25, 0.3) is 0 Å². The highest BCUT2D eigenvalue weighted by atomic mass is 27.3. The van der Waals surface area contributed by atoms with Gasteiger partial charge in [0.15, 0.2) is 0 Å². The molecule has 0 rings (SSSR count). The molecule has 5 heteroatoms. The van der Waals surface area contributed by atoms with E-state index in [1.54, 1.807) is 0 Å². The van der Waals surface area contributed by atoms with Gasteiger partial charge in [0, 0.05) is 0 Å². The van der Waals surface area contributed by atoms with Crippen molar-refractivity contribution < 1.29 is 15.6 Å². The van der Waals surface area contributed by atoms with E-state index in [0.29, 0.717) is 0 Å². The average molecular weight is 100.0 g/mol. The molecule has 0 fully saturated rings. The van der Waals surface area contributed by atoms with Crippen LogP contribution in [0.25, 0.3) is 0 Å². The second kappa shape index (κ2) is 2.52. The summed E-state index contributed by atoms with van der Waals surface area (Å²) in [4.78, 5) is 0. The van der Waals surface area contributed by atoms with Crippen LogP contribution < -0.4 is 0 Å². The molecule has 0 heterocycles. The van der Waals surface area contributed by atoms with Gasteiger partial charge in [-0.05, 0) is 0 Å². The SMILES string of the molecule is F[O][Al-]([F])[F]. The molecule has 0 aliphatic carbocycles. The maximum absolute atomic E-state index is 10.3. The van der Waals surface area contributed by atoms with Gasteiger partial charge >= 0.3 is 15.4 Å². The van der Waals surface area contributed by atoms with Gasteiger partial charge in [-0.15, -0.1) is 4.53 Å². The normalized spacial score (nSPS) is 9.60. The van der Waals surface area contributed by atoms with E-state index < -0.39 is 15.4 Å². The van der Waals surface area contributed by atoms with E-state index in [-0.39, 0.29) is 0 Å². The molecule has 0 saturated carbocycles. The van der Waals surface area contributed by atoms with Crippen molar-refractivity contribution >= 4 is 15.4 Å². The van der Waals surface area contributed by atoms with Gasteiger partial charge in [-0.2, -0.15) is 0 Å². The van der Waals surface area contributed by atoms with Gasteiger partial charge in [-0.1, -0.05) is 0 Å². The molecule has 0 bridgehead atoms. The Bertz CT molecular complexity index is 20.9. The van der Waals surface area contributed by atoms with Crippen molar-refractivity contribution in [2.45, 2.75) is 0 Å². The minimum atomic E-state index is -4.32. The van der Waals surface area contributed by atoms with E-state index in [1.165, 1.54) is 0 Å². The fourth-order valence-corrected chi connectivity index (χ4v) is 0. The lowest BCUT2D eigenvalue weighted by Gasteiger charge is -1.91. The lowest BCUT2D eigenvalue weighted by Crippen LogP contribution is -1.93. The van der Waals surface area contributed by atoms with Crippen LogP contribution in [0.5, 0.6) is 0 Å². The monoisotopic (exact) mass is 100.0 g/mol. The zero-order chi connectivity index (χ0) is 4.28. The van der Waals surface area contributed by atoms with Gasteiger partial charge in [0.05, 0.1) is 0 Å². The Kier molecular flexibility index (Phi) is 2.66. The number of rotatable bonds is 1. The summed E-state index contributed by atoms with van der Waals surface area (Å²) in [7, 11) is 0. The third-order valence-corrected chi connectivity index (χ3v) is 0.202. The van der Waals surface area contributed by atoms with Crippen molar-refractivity contribution in [2.24, 2.45) is 0 Å². The highest BCUT2D eigenvalue weighted by Crippen LogP contribution is 1.85. The summed E-state index contributed by atoms with van der Waals surface area (Å²) in [6, 6.07) is 0. The molecule has 1 nitrogen and oxygen atoms in total. The Hall–Kier alpha value is 0.282. The van der Waals surface area contributed by atoms with Crippen molar-refractivity contribution in [1.82, 2.24) is 0 Å². The van der Waals surface area contributed by atoms with Crippen LogP contribution in [0.15, 0.2) is 0 Å². The van der Waals surface area contributed by atoms with E-state index in [0.717, 1.165) is 0 Å². The first-order valence-corrected chi connectivity index (χ1v) is 2.17. The maximum atomic E-state index is 10.3. The summed E-state index contributed by atoms with van der Waals surface area (Å²) in [6.07, 6.45) is 0. The van der Waals surface area contributed by atoms with Gasteiger partial charge < -0.3 is 11.0 Å². The first-order chi connectivity index (χ1) is 2.27. The standard InChI is InChI=1S/Al.FO.2FH/c;1-2;;/h;;2*1H/q+2;-1;;/p-2. The van der Waals surface area contributed by atoms with Crippen molar-refractivity contribution in [1.29, 1.82) is 0 Å². The number of hydrogen-bond acceptors (Lipinski definition) is 1. The minimum absolute atomic E-state index is 2.06. The molecule has 0 unspecified atom stereocenters. The third kappa shape index (κ3) is 4.28. The van der Waals surface area contributed by atoms with Crippen LogP contribution in [0.4, 0.5) is 11.6 Å². The van der Waals surface area contributed by atoms with Crippen LogP contribution in [-0.2, 0) is 3.99 Å². The molecule has 0 saturated heterocycles. The van der Waals surface area contributed by atoms with Crippen LogP contribution in [0, 0.1) is 0 Å². The Balaban J connectivity index is 2.54. The molecule has 0 aromatic heterocycles. The fraction of sp³-hybridized carbons (Fsp3) is 0. The Morgan fingerprint density at radius 3 is 1.60 bits per heavy atom. The van der Waals surface area contributed by atoms with E-state index >= 15 is 0 Å². The van der Waals surface area contributed by atoms with Crippen molar-refractivity contribution in [3.63, 3.8) is 0 Å². The van der Waals surface area contributed by atoms with Crippen LogP contribution in [0.3, 0.4) is 0 Å². The molecule has 0 amide bonds. The van der Waals surface area contributed by atoms with Crippen LogP contribution in [0.1, 0.15) is 0 Å². The summed E-state index contributed by atoms with van der Waals surface area (Å²) >= 11 is -4.32. The molecule has 1 radical (unpaired) electrons. The molecule has 0 aliphatic rings. The first-order valence-electron chi connectivity index (χ1n) is 0.826. The second-order valence-electron chi connectivity index (χ2n) is 0.350.